The fourth-order valence-corrected chi connectivity index (χ4v) is 7.16. The molecular formula is C28H36N4O. The second kappa shape index (κ2) is 7.22. The Balaban J connectivity index is 1.46. The number of hydrogen-bond acceptors (Lipinski definition) is 4. The number of rotatable bonds is 4. The van der Waals surface area contributed by atoms with Gasteiger partial charge in [0.25, 0.3) is 0 Å². The van der Waals surface area contributed by atoms with E-state index in [1.807, 2.05) is 6.07 Å². The van der Waals surface area contributed by atoms with Gasteiger partial charge in [0.2, 0.25) is 0 Å². The minimum atomic E-state index is 0.495. The van der Waals surface area contributed by atoms with Crippen LogP contribution in [0.2, 0.25) is 0 Å². The summed E-state index contributed by atoms with van der Waals surface area (Å²) in [6.07, 6.45) is 5.99. The normalized spacial score (nSPS) is 27.3. The van der Waals surface area contributed by atoms with Crippen LogP contribution in [0.5, 0.6) is 5.75 Å². The molecule has 3 fully saturated rings. The standard InChI is InChI=1S/C28H36N4O/c1-15-12-19(33-6)10-11-20(15)25-17(3)31-32-26(21-8-7-9-23(21)29-27(25)32)30-24-14-18-13-22(16(24)2)28(18,4)5/h10-12,16,18,22,24,30H,7-9,13-14H2,1-6H3/t16-,18?,22-,24-/m0/s1. The maximum Gasteiger partial charge on any atom is 0.165 e. The predicted molar refractivity (Wildman–Crippen MR) is 133 cm³/mol. The van der Waals surface area contributed by atoms with E-state index < -0.39 is 0 Å². The fraction of sp³-hybridized carbons (Fsp3) is 0.571. The van der Waals surface area contributed by atoms with Gasteiger partial charge in [-0.15, -0.1) is 0 Å². The molecule has 0 spiro atoms. The monoisotopic (exact) mass is 444 g/mol. The van der Waals surface area contributed by atoms with Crippen molar-refractivity contribution >= 4 is 11.5 Å². The van der Waals surface area contributed by atoms with E-state index in [-0.39, 0.29) is 0 Å². The summed E-state index contributed by atoms with van der Waals surface area (Å²) >= 11 is 0. The Morgan fingerprint density at radius 3 is 2.67 bits per heavy atom. The average molecular weight is 445 g/mol. The third kappa shape index (κ3) is 2.97. The molecular weight excluding hydrogens is 408 g/mol. The quantitative estimate of drug-likeness (QED) is 0.537. The van der Waals surface area contributed by atoms with E-state index in [0.29, 0.717) is 17.4 Å². The number of nitrogens with zero attached hydrogens (tertiary/aromatic N) is 3. The van der Waals surface area contributed by atoms with Crippen molar-refractivity contribution in [2.75, 3.05) is 12.4 Å². The average Bonchev–Trinajstić information content (AvgIpc) is 3.38. The van der Waals surface area contributed by atoms with Crippen molar-refractivity contribution in [1.29, 1.82) is 0 Å². The van der Waals surface area contributed by atoms with Gasteiger partial charge in [0.05, 0.1) is 12.8 Å². The number of hydrogen-bond donors (Lipinski definition) is 1. The fourth-order valence-electron chi connectivity index (χ4n) is 7.16. The minimum Gasteiger partial charge on any atom is -0.497 e. The van der Waals surface area contributed by atoms with Gasteiger partial charge in [-0.25, -0.2) is 4.98 Å². The molecule has 3 aromatic rings. The summed E-state index contributed by atoms with van der Waals surface area (Å²) in [5, 5.41) is 9.10. The molecule has 2 aromatic heterocycles. The van der Waals surface area contributed by atoms with Crippen LogP contribution in [-0.2, 0) is 12.8 Å². The molecule has 5 heteroatoms. The van der Waals surface area contributed by atoms with Crippen LogP contribution < -0.4 is 10.1 Å². The first-order chi connectivity index (χ1) is 15.8. The molecule has 5 nitrogen and oxygen atoms in total. The summed E-state index contributed by atoms with van der Waals surface area (Å²) in [5.74, 6) is 4.40. The Bertz CT molecular complexity index is 1260. The molecule has 4 aliphatic rings. The SMILES string of the molecule is COc1ccc(-c2c(C)nn3c(N[C@H]4CC5C[C@@H]([C@@H]4C)C5(C)C)c4c(nc23)CCC4)c(C)c1. The maximum atomic E-state index is 5.44. The van der Waals surface area contributed by atoms with E-state index in [0.717, 1.165) is 47.3 Å². The van der Waals surface area contributed by atoms with E-state index in [1.165, 1.54) is 47.5 Å². The Kier molecular flexibility index (Phi) is 4.59. The van der Waals surface area contributed by atoms with Gasteiger partial charge in [-0.1, -0.05) is 26.8 Å². The highest BCUT2D eigenvalue weighted by Crippen LogP contribution is 2.61. The molecule has 1 unspecified atom stereocenters. The van der Waals surface area contributed by atoms with E-state index in [2.05, 4.69) is 56.6 Å². The zero-order valence-electron chi connectivity index (χ0n) is 20.8. The smallest absolute Gasteiger partial charge is 0.165 e. The molecule has 1 aromatic carbocycles. The summed E-state index contributed by atoms with van der Waals surface area (Å²) in [5.41, 5.74) is 8.67. The van der Waals surface area contributed by atoms with Crippen LogP contribution in [0.4, 0.5) is 5.82 Å². The van der Waals surface area contributed by atoms with E-state index >= 15 is 0 Å². The lowest BCUT2D eigenvalue weighted by atomic mass is 9.45. The minimum absolute atomic E-state index is 0.495. The van der Waals surface area contributed by atoms with Crippen LogP contribution in [0.25, 0.3) is 16.8 Å². The van der Waals surface area contributed by atoms with E-state index in [4.69, 9.17) is 14.8 Å². The summed E-state index contributed by atoms with van der Waals surface area (Å²) < 4.78 is 7.56. The second-order valence-corrected chi connectivity index (χ2v) is 11.3. The van der Waals surface area contributed by atoms with Gasteiger partial charge >= 0.3 is 0 Å². The van der Waals surface area contributed by atoms with Gasteiger partial charge in [0.1, 0.15) is 11.6 Å². The Morgan fingerprint density at radius 1 is 1.15 bits per heavy atom. The van der Waals surface area contributed by atoms with Crippen LogP contribution >= 0.6 is 0 Å². The van der Waals surface area contributed by atoms with Gasteiger partial charge in [-0.05, 0) is 92.4 Å². The Hall–Kier alpha value is -2.56. The predicted octanol–water partition coefficient (Wildman–Crippen LogP) is 5.99. The summed E-state index contributed by atoms with van der Waals surface area (Å²) in [6, 6.07) is 6.80. The van der Waals surface area contributed by atoms with E-state index in [9.17, 15) is 0 Å². The lowest BCUT2D eigenvalue weighted by Gasteiger charge is -2.62. The number of anilines is 1. The highest BCUT2D eigenvalue weighted by molar-refractivity contribution is 5.83. The highest BCUT2D eigenvalue weighted by Gasteiger charge is 2.56. The van der Waals surface area contributed by atoms with Crippen molar-refractivity contribution in [3.8, 4) is 16.9 Å². The number of nitrogens with one attached hydrogen (secondary N) is 1. The maximum absolute atomic E-state index is 5.44. The van der Waals surface area contributed by atoms with Crippen molar-refractivity contribution in [3.05, 3.63) is 40.7 Å². The zero-order valence-corrected chi connectivity index (χ0v) is 20.8. The molecule has 7 rings (SSSR count). The van der Waals surface area contributed by atoms with Crippen molar-refractivity contribution in [1.82, 2.24) is 14.6 Å². The number of methoxy groups -OCH3 is 1. The van der Waals surface area contributed by atoms with Crippen LogP contribution in [0.1, 0.15) is 62.5 Å². The van der Waals surface area contributed by atoms with Crippen LogP contribution in [-0.4, -0.2) is 27.7 Å². The van der Waals surface area contributed by atoms with Gasteiger partial charge in [-0.3, -0.25) is 0 Å². The van der Waals surface area contributed by atoms with E-state index in [1.54, 1.807) is 7.11 Å². The van der Waals surface area contributed by atoms with Gasteiger partial charge < -0.3 is 10.1 Å². The summed E-state index contributed by atoms with van der Waals surface area (Å²) in [6.45, 7) is 11.7. The van der Waals surface area contributed by atoms with Crippen LogP contribution in [0, 0.1) is 37.0 Å². The van der Waals surface area contributed by atoms with Crippen molar-refractivity contribution < 1.29 is 4.74 Å². The van der Waals surface area contributed by atoms with Crippen molar-refractivity contribution in [2.24, 2.45) is 23.2 Å². The third-order valence-corrected chi connectivity index (χ3v) is 9.34. The third-order valence-electron chi connectivity index (χ3n) is 9.34. The lowest BCUT2D eigenvalue weighted by Crippen LogP contribution is -2.58. The number of aryl methyl sites for hydroxylation is 3. The van der Waals surface area contributed by atoms with Crippen molar-refractivity contribution in [3.63, 3.8) is 0 Å². The first-order valence-electron chi connectivity index (χ1n) is 12.6. The molecule has 3 saturated carbocycles. The largest absolute Gasteiger partial charge is 0.497 e. The summed E-state index contributed by atoms with van der Waals surface area (Å²) in [4.78, 5) is 5.19. The lowest BCUT2D eigenvalue weighted by molar-refractivity contribution is -0.105. The molecule has 4 atom stereocenters. The molecule has 2 heterocycles. The number of ether oxygens (including phenoxy) is 1. The van der Waals surface area contributed by atoms with Crippen LogP contribution in [0.3, 0.4) is 0 Å². The molecule has 0 amide bonds. The van der Waals surface area contributed by atoms with Crippen LogP contribution in [0.15, 0.2) is 18.2 Å². The molecule has 0 saturated heterocycles. The first-order valence-corrected chi connectivity index (χ1v) is 12.6. The second-order valence-electron chi connectivity index (χ2n) is 11.3. The summed E-state index contributed by atoms with van der Waals surface area (Å²) in [7, 11) is 1.72. The van der Waals surface area contributed by atoms with Gasteiger partial charge in [0, 0.05) is 22.9 Å². The zero-order chi connectivity index (χ0) is 23.1. The highest BCUT2D eigenvalue weighted by atomic mass is 16.5. The van der Waals surface area contributed by atoms with Gasteiger partial charge in [0.15, 0.2) is 5.65 Å². The number of fused-ring (bicyclic) bond motifs is 4. The number of aromatic nitrogens is 3. The number of benzene rings is 1. The molecule has 0 radical (unpaired) electrons. The molecule has 174 valence electrons. The molecule has 0 aliphatic heterocycles. The van der Waals surface area contributed by atoms with Crippen molar-refractivity contribution in [2.45, 2.75) is 72.8 Å². The molecule has 33 heavy (non-hydrogen) atoms. The Morgan fingerprint density at radius 2 is 1.97 bits per heavy atom. The first kappa shape index (κ1) is 21.0. The Labute approximate surface area is 196 Å². The topological polar surface area (TPSA) is 51.5 Å². The molecule has 4 aliphatic carbocycles. The molecule has 1 N–H and O–H groups in total. The molecule has 2 bridgehead atoms. The van der Waals surface area contributed by atoms with Gasteiger partial charge in [-0.2, -0.15) is 9.61 Å².